The number of nitrogens with one attached hydrogen (secondary N) is 2. The molecule has 0 saturated carbocycles. The van der Waals surface area contributed by atoms with E-state index < -0.39 is 0 Å². The van der Waals surface area contributed by atoms with E-state index in [9.17, 15) is 4.79 Å². The van der Waals surface area contributed by atoms with Gasteiger partial charge in [0.15, 0.2) is 0 Å². The highest BCUT2D eigenvalue weighted by Crippen LogP contribution is 2.19. The smallest absolute Gasteiger partial charge is 0.325 e. The van der Waals surface area contributed by atoms with Crippen molar-refractivity contribution in [3.63, 3.8) is 0 Å². The number of aromatic amines is 1. The van der Waals surface area contributed by atoms with Crippen LogP contribution in [0.2, 0.25) is 0 Å². The first kappa shape index (κ1) is 10.4. The second-order valence-corrected chi connectivity index (χ2v) is 3.37. The summed E-state index contributed by atoms with van der Waals surface area (Å²) in [6, 6.07) is 1.93. The average molecular weight is 220 g/mol. The number of aryl methyl sites for hydroxylation is 1. The molecule has 0 radical (unpaired) electrons. The number of nitrogens with zero attached hydrogens (tertiary/aromatic N) is 2. The fourth-order valence-electron chi connectivity index (χ4n) is 1.44. The lowest BCUT2D eigenvalue weighted by Gasteiger charge is -2.04. The maximum atomic E-state index is 11.0. The van der Waals surface area contributed by atoms with E-state index >= 15 is 0 Å². The van der Waals surface area contributed by atoms with E-state index in [2.05, 4.69) is 25.0 Å². The molecule has 0 aliphatic heterocycles. The third-order valence-corrected chi connectivity index (χ3v) is 2.19. The van der Waals surface area contributed by atoms with Crippen molar-refractivity contribution < 1.29 is 9.53 Å². The van der Waals surface area contributed by atoms with E-state index in [4.69, 9.17) is 0 Å². The summed E-state index contributed by atoms with van der Waals surface area (Å²) >= 11 is 0. The fourth-order valence-corrected chi connectivity index (χ4v) is 1.44. The van der Waals surface area contributed by atoms with Gasteiger partial charge in [-0.05, 0) is 13.0 Å². The molecular weight excluding hydrogens is 208 g/mol. The predicted octanol–water partition coefficient (Wildman–Crippen LogP) is 0.851. The van der Waals surface area contributed by atoms with Gasteiger partial charge < -0.3 is 15.0 Å². The zero-order valence-electron chi connectivity index (χ0n) is 9.07. The van der Waals surface area contributed by atoms with Crippen molar-refractivity contribution in [2.45, 2.75) is 6.92 Å². The number of rotatable bonds is 3. The van der Waals surface area contributed by atoms with Gasteiger partial charge in [0, 0.05) is 5.69 Å². The lowest BCUT2D eigenvalue weighted by Crippen LogP contribution is -2.15. The van der Waals surface area contributed by atoms with Gasteiger partial charge in [-0.1, -0.05) is 0 Å². The Kier molecular flexibility index (Phi) is 2.72. The van der Waals surface area contributed by atoms with Crippen LogP contribution in [-0.2, 0) is 9.53 Å². The van der Waals surface area contributed by atoms with Crippen LogP contribution in [0.5, 0.6) is 0 Å². The largest absolute Gasteiger partial charge is 0.468 e. The molecule has 6 nitrogen and oxygen atoms in total. The minimum atomic E-state index is -0.334. The third kappa shape index (κ3) is 1.95. The first-order valence-electron chi connectivity index (χ1n) is 4.81. The van der Waals surface area contributed by atoms with Crippen LogP contribution in [0.25, 0.3) is 11.0 Å². The molecule has 2 rings (SSSR count). The van der Waals surface area contributed by atoms with Gasteiger partial charge in [-0.3, -0.25) is 4.79 Å². The molecule has 0 amide bonds. The predicted molar refractivity (Wildman–Crippen MR) is 59.1 cm³/mol. The van der Waals surface area contributed by atoms with Crippen LogP contribution in [0.1, 0.15) is 5.69 Å². The van der Waals surface area contributed by atoms with Crippen molar-refractivity contribution in [3.05, 3.63) is 18.1 Å². The van der Waals surface area contributed by atoms with Crippen molar-refractivity contribution in [3.8, 4) is 0 Å². The molecule has 0 aromatic carbocycles. The minimum Gasteiger partial charge on any atom is -0.468 e. The first-order chi connectivity index (χ1) is 7.70. The molecule has 16 heavy (non-hydrogen) atoms. The molecule has 2 aromatic rings. The van der Waals surface area contributed by atoms with Gasteiger partial charge in [-0.25, -0.2) is 9.97 Å². The van der Waals surface area contributed by atoms with Crippen LogP contribution >= 0.6 is 0 Å². The van der Waals surface area contributed by atoms with Crippen LogP contribution in [0.4, 0.5) is 5.82 Å². The maximum absolute atomic E-state index is 11.0. The molecule has 2 N–H and O–H groups in total. The molecule has 0 atom stereocenters. The van der Waals surface area contributed by atoms with E-state index in [-0.39, 0.29) is 12.5 Å². The summed E-state index contributed by atoms with van der Waals surface area (Å²) in [5, 5.41) is 3.77. The average Bonchev–Trinajstić information content (AvgIpc) is 2.66. The molecule has 0 spiro atoms. The van der Waals surface area contributed by atoms with Crippen LogP contribution in [-0.4, -0.2) is 34.6 Å². The van der Waals surface area contributed by atoms with Crippen molar-refractivity contribution in [1.29, 1.82) is 0 Å². The molecule has 0 aliphatic carbocycles. The van der Waals surface area contributed by atoms with Crippen LogP contribution in [0.3, 0.4) is 0 Å². The number of carbonyl (C=O) groups excluding carboxylic acids is 1. The molecule has 0 bridgehead atoms. The van der Waals surface area contributed by atoms with E-state index in [1.807, 2.05) is 13.0 Å². The summed E-state index contributed by atoms with van der Waals surface area (Å²) < 4.78 is 4.54. The molecule has 84 valence electrons. The monoisotopic (exact) mass is 220 g/mol. The lowest BCUT2D eigenvalue weighted by atomic mass is 10.3. The number of esters is 1. The van der Waals surface area contributed by atoms with Gasteiger partial charge in [0.1, 0.15) is 24.3 Å². The maximum Gasteiger partial charge on any atom is 0.325 e. The van der Waals surface area contributed by atoms with Crippen LogP contribution < -0.4 is 5.32 Å². The number of carbonyl (C=O) groups is 1. The highest BCUT2D eigenvalue weighted by Gasteiger charge is 2.07. The fraction of sp³-hybridized carbons (Fsp3) is 0.300. The van der Waals surface area contributed by atoms with Gasteiger partial charge in [0.2, 0.25) is 0 Å². The molecule has 0 unspecified atom stereocenters. The Morgan fingerprint density at radius 1 is 1.56 bits per heavy atom. The number of hydrogen-bond donors (Lipinski definition) is 2. The SMILES string of the molecule is COC(=O)CNc1ncnc2[nH]c(C)cc12. The van der Waals surface area contributed by atoms with Gasteiger partial charge in [0.25, 0.3) is 0 Å². The highest BCUT2D eigenvalue weighted by atomic mass is 16.5. The summed E-state index contributed by atoms with van der Waals surface area (Å²) in [4.78, 5) is 22.2. The molecule has 2 aromatic heterocycles. The summed E-state index contributed by atoms with van der Waals surface area (Å²) in [5.41, 5.74) is 1.75. The Bertz CT molecular complexity index is 521. The highest BCUT2D eigenvalue weighted by molar-refractivity contribution is 5.89. The molecule has 0 fully saturated rings. The summed E-state index contributed by atoms with van der Waals surface area (Å²) in [5.74, 6) is 0.291. The standard InChI is InChI=1S/C10H12N4O2/c1-6-3-7-9(11-4-8(15)16-2)12-5-13-10(7)14-6/h3,5H,4H2,1-2H3,(H2,11,12,13,14). The number of ether oxygens (including phenoxy) is 1. The quantitative estimate of drug-likeness (QED) is 0.749. The van der Waals surface area contributed by atoms with E-state index in [1.165, 1.54) is 13.4 Å². The zero-order chi connectivity index (χ0) is 11.5. The normalized spacial score (nSPS) is 10.4. The molecule has 0 saturated heterocycles. The van der Waals surface area contributed by atoms with E-state index in [0.29, 0.717) is 5.82 Å². The van der Waals surface area contributed by atoms with Crippen LogP contribution in [0, 0.1) is 6.92 Å². The van der Waals surface area contributed by atoms with Crippen molar-refractivity contribution in [2.75, 3.05) is 19.0 Å². The Balaban J connectivity index is 2.26. The molecule has 0 aliphatic rings. The van der Waals surface area contributed by atoms with Crippen molar-refractivity contribution >= 4 is 22.8 Å². The summed E-state index contributed by atoms with van der Waals surface area (Å²) in [6.07, 6.45) is 1.44. The Hall–Kier alpha value is -2.11. The van der Waals surface area contributed by atoms with E-state index in [1.54, 1.807) is 0 Å². The topological polar surface area (TPSA) is 79.9 Å². The Morgan fingerprint density at radius 3 is 3.12 bits per heavy atom. The number of H-pyrrole nitrogens is 1. The van der Waals surface area contributed by atoms with Crippen LogP contribution in [0.15, 0.2) is 12.4 Å². The number of aromatic nitrogens is 3. The Morgan fingerprint density at radius 2 is 2.38 bits per heavy atom. The number of anilines is 1. The van der Waals surface area contributed by atoms with Crippen molar-refractivity contribution in [1.82, 2.24) is 15.0 Å². The van der Waals surface area contributed by atoms with Gasteiger partial charge in [-0.15, -0.1) is 0 Å². The Labute approximate surface area is 92.0 Å². The number of fused-ring (bicyclic) bond motifs is 1. The molecule has 6 heteroatoms. The first-order valence-corrected chi connectivity index (χ1v) is 4.81. The van der Waals surface area contributed by atoms with Gasteiger partial charge in [0.05, 0.1) is 12.5 Å². The summed E-state index contributed by atoms with van der Waals surface area (Å²) in [6.45, 7) is 2.03. The lowest BCUT2D eigenvalue weighted by molar-refractivity contribution is -0.138. The summed E-state index contributed by atoms with van der Waals surface area (Å²) in [7, 11) is 1.35. The molecular formula is C10H12N4O2. The molecule has 2 heterocycles. The zero-order valence-corrected chi connectivity index (χ0v) is 9.07. The van der Waals surface area contributed by atoms with E-state index in [0.717, 1.165) is 16.7 Å². The second kappa shape index (κ2) is 4.18. The minimum absolute atomic E-state index is 0.0901. The number of methoxy groups -OCH3 is 1. The van der Waals surface area contributed by atoms with Gasteiger partial charge in [-0.2, -0.15) is 0 Å². The third-order valence-electron chi connectivity index (χ3n) is 2.19. The van der Waals surface area contributed by atoms with Gasteiger partial charge >= 0.3 is 5.97 Å². The van der Waals surface area contributed by atoms with Crippen molar-refractivity contribution in [2.24, 2.45) is 0 Å². The number of hydrogen-bond acceptors (Lipinski definition) is 5. The second-order valence-electron chi connectivity index (χ2n) is 3.37.